The van der Waals surface area contributed by atoms with Gasteiger partial charge in [0.1, 0.15) is 5.82 Å². The van der Waals surface area contributed by atoms with Crippen molar-refractivity contribution in [3.8, 4) is 0 Å². The highest BCUT2D eigenvalue weighted by Crippen LogP contribution is 2.18. The number of aromatic nitrogens is 1. The van der Waals surface area contributed by atoms with Crippen LogP contribution < -0.4 is 5.56 Å². The van der Waals surface area contributed by atoms with E-state index >= 15 is 0 Å². The largest absolute Gasteiger partial charge is 0.478 e. The van der Waals surface area contributed by atoms with Crippen LogP contribution in [-0.2, 0) is 6.54 Å². The average molecular weight is 235 g/mol. The number of rotatable bonds is 2. The molecule has 88 valence electrons. The zero-order chi connectivity index (χ0) is 12.6. The van der Waals surface area contributed by atoms with Crippen LogP contribution in [0.5, 0.6) is 0 Å². The number of carboxylic acid groups (broad SMARTS) is 1. The summed E-state index contributed by atoms with van der Waals surface area (Å²) in [6, 6.07) is 5.01. The Bertz CT molecular complexity index is 661. The van der Waals surface area contributed by atoms with Gasteiger partial charge in [0, 0.05) is 18.0 Å². The minimum Gasteiger partial charge on any atom is -0.478 e. The first kappa shape index (κ1) is 11.3. The summed E-state index contributed by atoms with van der Waals surface area (Å²) in [7, 11) is 0. The summed E-state index contributed by atoms with van der Waals surface area (Å²) in [4.78, 5) is 22.3. The number of fused-ring (bicyclic) bond motifs is 1. The van der Waals surface area contributed by atoms with Gasteiger partial charge in [-0.25, -0.2) is 9.18 Å². The molecular weight excluding hydrogens is 225 g/mol. The van der Waals surface area contributed by atoms with Crippen LogP contribution in [0.2, 0.25) is 0 Å². The summed E-state index contributed by atoms with van der Waals surface area (Å²) < 4.78 is 15.1. The Hall–Kier alpha value is -2.17. The van der Waals surface area contributed by atoms with E-state index < -0.39 is 11.8 Å². The van der Waals surface area contributed by atoms with Crippen LogP contribution in [0.3, 0.4) is 0 Å². The summed E-state index contributed by atoms with van der Waals surface area (Å²) in [5, 5.41) is 9.22. The Labute approximate surface area is 95.9 Å². The topological polar surface area (TPSA) is 59.3 Å². The number of carboxylic acids is 1. The lowest BCUT2D eigenvalue weighted by molar-refractivity contribution is 0.0696. The molecule has 1 heterocycles. The van der Waals surface area contributed by atoms with Gasteiger partial charge in [-0.1, -0.05) is 0 Å². The molecule has 0 spiro atoms. The monoisotopic (exact) mass is 235 g/mol. The Morgan fingerprint density at radius 2 is 2.12 bits per heavy atom. The van der Waals surface area contributed by atoms with Crippen molar-refractivity contribution in [1.29, 1.82) is 0 Å². The van der Waals surface area contributed by atoms with E-state index in [4.69, 9.17) is 5.11 Å². The molecule has 4 nitrogen and oxygen atoms in total. The molecule has 17 heavy (non-hydrogen) atoms. The molecule has 2 rings (SSSR count). The van der Waals surface area contributed by atoms with Gasteiger partial charge in [0.2, 0.25) is 0 Å². The van der Waals surface area contributed by atoms with E-state index in [1.807, 2.05) is 0 Å². The second-order valence-electron chi connectivity index (χ2n) is 3.62. The molecule has 1 aromatic heterocycles. The molecular formula is C12H10FNO3. The molecule has 5 heteroatoms. The number of hydrogen-bond acceptors (Lipinski definition) is 2. The zero-order valence-corrected chi connectivity index (χ0v) is 9.11. The lowest BCUT2D eigenvalue weighted by Crippen LogP contribution is -2.19. The van der Waals surface area contributed by atoms with Crippen molar-refractivity contribution in [3.63, 3.8) is 0 Å². The van der Waals surface area contributed by atoms with Crippen molar-refractivity contribution < 1.29 is 14.3 Å². The van der Waals surface area contributed by atoms with Crippen molar-refractivity contribution in [2.75, 3.05) is 0 Å². The smallest absolute Gasteiger partial charge is 0.335 e. The average Bonchev–Trinajstić information content (AvgIpc) is 2.29. The standard InChI is InChI=1S/C12H10FNO3/c1-2-14-10(15)4-3-7-5-8(12(16)17)6-9(13)11(7)14/h3-6H,2H2,1H3,(H,16,17). The van der Waals surface area contributed by atoms with Crippen LogP contribution in [0.4, 0.5) is 4.39 Å². The molecule has 0 unspecified atom stereocenters. The molecule has 0 atom stereocenters. The van der Waals surface area contributed by atoms with Gasteiger partial charge >= 0.3 is 5.97 Å². The van der Waals surface area contributed by atoms with Crippen molar-refractivity contribution in [1.82, 2.24) is 4.57 Å². The first-order chi connectivity index (χ1) is 8.04. The lowest BCUT2D eigenvalue weighted by atomic mass is 10.1. The van der Waals surface area contributed by atoms with Gasteiger partial charge in [-0.2, -0.15) is 0 Å². The highest BCUT2D eigenvalue weighted by atomic mass is 19.1. The number of aryl methyl sites for hydroxylation is 1. The van der Waals surface area contributed by atoms with E-state index in [-0.39, 0.29) is 16.6 Å². The minimum atomic E-state index is -1.19. The molecule has 0 amide bonds. The Kier molecular flexibility index (Phi) is 2.67. The Morgan fingerprint density at radius 1 is 1.41 bits per heavy atom. The van der Waals surface area contributed by atoms with Crippen molar-refractivity contribution >= 4 is 16.9 Å². The fourth-order valence-corrected chi connectivity index (χ4v) is 1.83. The molecule has 0 saturated heterocycles. The third-order valence-electron chi connectivity index (χ3n) is 2.60. The second kappa shape index (κ2) is 4.01. The van der Waals surface area contributed by atoms with Crippen molar-refractivity contribution in [2.24, 2.45) is 0 Å². The third kappa shape index (κ3) is 1.80. The molecule has 2 aromatic rings. The van der Waals surface area contributed by atoms with Crippen molar-refractivity contribution in [3.05, 3.63) is 46.0 Å². The summed E-state index contributed by atoms with van der Waals surface area (Å²) in [5.74, 6) is -1.89. The van der Waals surface area contributed by atoms with Gasteiger partial charge in [-0.05, 0) is 25.1 Å². The van der Waals surface area contributed by atoms with E-state index in [1.165, 1.54) is 22.8 Å². The normalized spacial score (nSPS) is 10.7. The summed E-state index contributed by atoms with van der Waals surface area (Å²) in [5.41, 5.74) is -0.289. The number of halogens is 1. The van der Waals surface area contributed by atoms with E-state index in [1.54, 1.807) is 6.92 Å². The van der Waals surface area contributed by atoms with Gasteiger partial charge in [0.05, 0.1) is 11.1 Å². The van der Waals surface area contributed by atoms with E-state index in [0.717, 1.165) is 6.07 Å². The van der Waals surface area contributed by atoms with Crippen LogP contribution in [0.1, 0.15) is 17.3 Å². The lowest BCUT2D eigenvalue weighted by Gasteiger charge is -2.09. The molecule has 0 radical (unpaired) electrons. The van der Waals surface area contributed by atoms with E-state index in [0.29, 0.717) is 11.9 Å². The summed E-state index contributed by atoms with van der Waals surface area (Å²) in [6.45, 7) is 2.06. The maximum atomic E-state index is 13.8. The molecule has 0 aliphatic heterocycles. The van der Waals surface area contributed by atoms with Gasteiger partial charge in [-0.3, -0.25) is 4.79 Å². The quantitative estimate of drug-likeness (QED) is 0.864. The molecule has 0 bridgehead atoms. The second-order valence-corrected chi connectivity index (χ2v) is 3.62. The number of benzene rings is 1. The Morgan fingerprint density at radius 3 is 2.71 bits per heavy atom. The number of carbonyl (C=O) groups is 1. The third-order valence-corrected chi connectivity index (χ3v) is 2.60. The van der Waals surface area contributed by atoms with Gasteiger partial charge < -0.3 is 9.67 Å². The minimum absolute atomic E-state index is 0.128. The summed E-state index contributed by atoms with van der Waals surface area (Å²) >= 11 is 0. The molecule has 0 saturated carbocycles. The van der Waals surface area contributed by atoms with Gasteiger partial charge in [-0.15, -0.1) is 0 Å². The van der Waals surface area contributed by atoms with Crippen LogP contribution in [0, 0.1) is 5.82 Å². The van der Waals surface area contributed by atoms with Crippen LogP contribution in [0.15, 0.2) is 29.1 Å². The van der Waals surface area contributed by atoms with Crippen LogP contribution in [0.25, 0.3) is 10.9 Å². The number of aromatic carboxylic acids is 1. The maximum absolute atomic E-state index is 13.8. The van der Waals surface area contributed by atoms with Crippen LogP contribution in [-0.4, -0.2) is 15.6 Å². The number of pyridine rings is 1. The van der Waals surface area contributed by atoms with E-state index in [9.17, 15) is 14.0 Å². The number of hydrogen-bond donors (Lipinski definition) is 1. The molecule has 1 aromatic carbocycles. The molecule has 0 fully saturated rings. The maximum Gasteiger partial charge on any atom is 0.335 e. The van der Waals surface area contributed by atoms with E-state index in [2.05, 4.69) is 0 Å². The van der Waals surface area contributed by atoms with Crippen LogP contribution >= 0.6 is 0 Å². The first-order valence-electron chi connectivity index (χ1n) is 5.11. The van der Waals surface area contributed by atoms with Crippen molar-refractivity contribution in [2.45, 2.75) is 13.5 Å². The number of nitrogens with zero attached hydrogens (tertiary/aromatic N) is 1. The predicted octanol–water partition coefficient (Wildman–Crippen LogP) is 1.86. The SMILES string of the molecule is CCn1c(=O)ccc2cc(C(=O)O)cc(F)c21. The van der Waals surface area contributed by atoms with Gasteiger partial charge in [0.25, 0.3) is 5.56 Å². The molecule has 0 aliphatic rings. The molecule has 0 aliphatic carbocycles. The van der Waals surface area contributed by atoms with Gasteiger partial charge in [0.15, 0.2) is 0 Å². The molecule has 1 N–H and O–H groups in total. The fraction of sp³-hybridized carbons (Fsp3) is 0.167. The highest BCUT2D eigenvalue weighted by Gasteiger charge is 2.12. The summed E-state index contributed by atoms with van der Waals surface area (Å²) in [6.07, 6.45) is 0. The fourth-order valence-electron chi connectivity index (χ4n) is 1.83. The highest BCUT2D eigenvalue weighted by molar-refractivity contribution is 5.93. The zero-order valence-electron chi connectivity index (χ0n) is 9.11. The first-order valence-corrected chi connectivity index (χ1v) is 5.11. The Balaban J connectivity index is 2.90. The predicted molar refractivity (Wildman–Crippen MR) is 60.8 cm³/mol.